The summed E-state index contributed by atoms with van der Waals surface area (Å²) < 4.78 is 5.74. The highest BCUT2D eigenvalue weighted by Gasteiger charge is 2.34. The molecule has 1 N–H and O–H groups in total. The molecular weight excluding hydrogens is 220 g/mol. The SMILES string of the molecule is O=C(O)c1ccnc(N2CC3CCC(C2)O3)c1. The molecule has 0 radical (unpaired) electrons. The van der Waals surface area contributed by atoms with Gasteiger partial charge in [0.25, 0.3) is 0 Å². The number of carboxylic acid groups (broad SMARTS) is 1. The molecule has 5 heteroatoms. The van der Waals surface area contributed by atoms with Crippen molar-refractivity contribution in [1.82, 2.24) is 4.98 Å². The van der Waals surface area contributed by atoms with Gasteiger partial charge >= 0.3 is 5.97 Å². The highest BCUT2D eigenvalue weighted by atomic mass is 16.5. The van der Waals surface area contributed by atoms with Crippen molar-refractivity contribution < 1.29 is 14.6 Å². The second-order valence-electron chi connectivity index (χ2n) is 4.57. The number of carbonyl (C=O) groups is 1. The quantitative estimate of drug-likeness (QED) is 0.831. The van der Waals surface area contributed by atoms with Crippen molar-refractivity contribution in [3.63, 3.8) is 0 Å². The molecule has 2 aliphatic rings. The summed E-state index contributed by atoms with van der Waals surface area (Å²) >= 11 is 0. The molecule has 90 valence electrons. The minimum atomic E-state index is -0.912. The molecule has 17 heavy (non-hydrogen) atoms. The molecular formula is C12H14N2O3. The predicted molar refractivity (Wildman–Crippen MR) is 61.3 cm³/mol. The Balaban J connectivity index is 1.84. The van der Waals surface area contributed by atoms with E-state index in [1.165, 1.54) is 6.07 Å². The Morgan fingerprint density at radius 3 is 2.76 bits per heavy atom. The summed E-state index contributed by atoms with van der Waals surface area (Å²) in [5.41, 5.74) is 0.286. The van der Waals surface area contributed by atoms with Crippen molar-refractivity contribution in [1.29, 1.82) is 0 Å². The molecule has 1 aromatic rings. The lowest BCUT2D eigenvalue weighted by Gasteiger charge is -2.33. The van der Waals surface area contributed by atoms with Crippen molar-refractivity contribution >= 4 is 11.8 Å². The van der Waals surface area contributed by atoms with E-state index in [4.69, 9.17) is 9.84 Å². The van der Waals surface area contributed by atoms with E-state index in [0.717, 1.165) is 31.7 Å². The molecule has 1 aromatic heterocycles. The van der Waals surface area contributed by atoms with Crippen LogP contribution in [0, 0.1) is 0 Å². The Bertz CT molecular complexity index is 437. The van der Waals surface area contributed by atoms with Crippen LogP contribution in [-0.4, -0.2) is 41.4 Å². The van der Waals surface area contributed by atoms with Gasteiger partial charge in [-0.1, -0.05) is 0 Å². The third-order valence-corrected chi connectivity index (χ3v) is 3.36. The van der Waals surface area contributed by atoms with Crippen LogP contribution in [0.4, 0.5) is 5.82 Å². The molecule has 2 unspecified atom stereocenters. The zero-order valence-corrected chi connectivity index (χ0v) is 9.37. The van der Waals surface area contributed by atoms with E-state index in [9.17, 15) is 4.79 Å². The molecule has 3 rings (SSSR count). The molecule has 0 amide bonds. The number of nitrogens with zero attached hydrogens (tertiary/aromatic N) is 2. The number of hydrogen-bond acceptors (Lipinski definition) is 4. The Kier molecular flexibility index (Phi) is 2.48. The lowest BCUT2D eigenvalue weighted by atomic mass is 10.2. The summed E-state index contributed by atoms with van der Waals surface area (Å²) in [5, 5.41) is 8.95. The van der Waals surface area contributed by atoms with Crippen LogP contribution < -0.4 is 4.90 Å². The van der Waals surface area contributed by atoms with E-state index in [1.54, 1.807) is 12.3 Å². The number of fused-ring (bicyclic) bond motifs is 2. The fraction of sp³-hybridized carbons (Fsp3) is 0.500. The van der Waals surface area contributed by atoms with Crippen molar-refractivity contribution in [2.75, 3.05) is 18.0 Å². The van der Waals surface area contributed by atoms with Gasteiger partial charge in [0.1, 0.15) is 5.82 Å². The van der Waals surface area contributed by atoms with Gasteiger partial charge in [-0.25, -0.2) is 9.78 Å². The Hall–Kier alpha value is -1.62. The number of aromatic carboxylic acids is 1. The first-order chi connectivity index (χ1) is 8.22. The first-order valence-electron chi connectivity index (χ1n) is 5.82. The third-order valence-electron chi connectivity index (χ3n) is 3.36. The summed E-state index contributed by atoms with van der Waals surface area (Å²) in [4.78, 5) is 17.3. The monoisotopic (exact) mass is 234 g/mol. The third kappa shape index (κ3) is 1.98. The topological polar surface area (TPSA) is 62.7 Å². The zero-order chi connectivity index (χ0) is 11.8. The van der Waals surface area contributed by atoms with Crippen molar-refractivity contribution in [3.8, 4) is 0 Å². The molecule has 5 nitrogen and oxygen atoms in total. The largest absolute Gasteiger partial charge is 0.478 e. The first kappa shape index (κ1) is 10.5. The summed E-state index contributed by atoms with van der Waals surface area (Å²) in [6.07, 6.45) is 4.31. The summed E-state index contributed by atoms with van der Waals surface area (Å²) in [5.74, 6) is -0.171. The number of aromatic nitrogens is 1. The molecule has 2 saturated heterocycles. The van der Waals surface area contributed by atoms with Crippen LogP contribution in [0.2, 0.25) is 0 Å². The standard InChI is InChI=1S/C12H14N2O3/c15-12(16)8-3-4-13-11(5-8)14-6-9-1-2-10(7-14)17-9/h3-5,9-10H,1-2,6-7H2,(H,15,16). The van der Waals surface area contributed by atoms with E-state index in [0.29, 0.717) is 0 Å². The van der Waals surface area contributed by atoms with Gasteiger partial charge in [-0.05, 0) is 25.0 Å². The van der Waals surface area contributed by atoms with Gasteiger partial charge in [-0.3, -0.25) is 0 Å². The number of carboxylic acids is 1. The minimum absolute atomic E-state index is 0.282. The van der Waals surface area contributed by atoms with Crippen LogP contribution in [0.5, 0.6) is 0 Å². The molecule has 0 spiro atoms. The van der Waals surface area contributed by atoms with Gasteiger partial charge in [0, 0.05) is 19.3 Å². The lowest BCUT2D eigenvalue weighted by molar-refractivity contribution is 0.0302. The lowest BCUT2D eigenvalue weighted by Crippen LogP contribution is -2.43. The average molecular weight is 234 g/mol. The maximum absolute atomic E-state index is 10.9. The molecule has 2 aliphatic heterocycles. The number of rotatable bonds is 2. The fourth-order valence-electron chi connectivity index (χ4n) is 2.53. The van der Waals surface area contributed by atoms with E-state index in [2.05, 4.69) is 9.88 Å². The molecule has 0 saturated carbocycles. The van der Waals surface area contributed by atoms with E-state index in [1.807, 2.05) is 0 Å². The van der Waals surface area contributed by atoms with Gasteiger partial charge in [0.05, 0.1) is 17.8 Å². The molecule has 2 atom stereocenters. The zero-order valence-electron chi connectivity index (χ0n) is 9.37. The Labute approximate surface area is 99.0 Å². The second-order valence-corrected chi connectivity index (χ2v) is 4.57. The molecule has 2 bridgehead atoms. The van der Waals surface area contributed by atoms with Crippen LogP contribution in [0.25, 0.3) is 0 Å². The second kappa shape index (κ2) is 4.00. The summed E-state index contributed by atoms with van der Waals surface area (Å²) in [7, 11) is 0. The summed E-state index contributed by atoms with van der Waals surface area (Å²) in [6, 6.07) is 3.15. The van der Waals surface area contributed by atoms with Gasteiger partial charge in [0.2, 0.25) is 0 Å². The van der Waals surface area contributed by atoms with Crippen LogP contribution >= 0.6 is 0 Å². The first-order valence-corrected chi connectivity index (χ1v) is 5.82. The maximum Gasteiger partial charge on any atom is 0.335 e. The normalized spacial score (nSPS) is 27.2. The average Bonchev–Trinajstić information content (AvgIpc) is 2.68. The minimum Gasteiger partial charge on any atom is -0.478 e. The van der Waals surface area contributed by atoms with Gasteiger partial charge in [-0.15, -0.1) is 0 Å². The van der Waals surface area contributed by atoms with Crippen LogP contribution in [-0.2, 0) is 4.74 Å². The van der Waals surface area contributed by atoms with Gasteiger partial charge in [-0.2, -0.15) is 0 Å². The van der Waals surface area contributed by atoms with Gasteiger partial charge in [0.15, 0.2) is 0 Å². The number of hydrogen-bond donors (Lipinski definition) is 1. The van der Waals surface area contributed by atoms with Crippen molar-refractivity contribution in [2.45, 2.75) is 25.0 Å². The van der Waals surface area contributed by atoms with Crippen LogP contribution in [0.15, 0.2) is 18.3 Å². The molecule has 0 aromatic carbocycles. The Morgan fingerprint density at radius 2 is 2.12 bits per heavy atom. The molecule has 2 fully saturated rings. The van der Waals surface area contributed by atoms with E-state index in [-0.39, 0.29) is 17.8 Å². The number of pyridine rings is 1. The molecule has 0 aliphatic carbocycles. The highest BCUT2D eigenvalue weighted by molar-refractivity contribution is 5.88. The van der Waals surface area contributed by atoms with E-state index >= 15 is 0 Å². The van der Waals surface area contributed by atoms with Gasteiger partial charge < -0.3 is 14.7 Å². The fourth-order valence-corrected chi connectivity index (χ4v) is 2.53. The summed E-state index contributed by atoms with van der Waals surface area (Å²) in [6.45, 7) is 1.62. The maximum atomic E-state index is 10.9. The number of morpholine rings is 1. The Morgan fingerprint density at radius 1 is 1.41 bits per heavy atom. The predicted octanol–water partition coefficient (Wildman–Crippen LogP) is 1.15. The van der Waals surface area contributed by atoms with E-state index < -0.39 is 5.97 Å². The van der Waals surface area contributed by atoms with Crippen LogP contribution in [0.1, 0.15) is 23.2 Å². The number of anilines is 1. The number of ether oxygens (including phenoxy) is 1. The highest BCUT2D eigenvalue weighted by Crippen LogP contribution is 2.28. The van der Waals surface area contributed by atoms with Crippen molar-refractivity contribution in [3.05, 3.63) is 23.9 Å². The molecule has 3 heterocycles. The smallest absolute Gasteiger partial charge is 0.335 e. The van der Waals surface area contributed by atoms with Crippen LogP contribution in [0.3, 0.4) is 0 Å². The van der Waals surface area contributed by atoms with Crippen molar-refractivity contribution in [2.24, 2.45) is 0 Å².